The van der Waals surface area contributed by atoms with Crippen molar-refractivity contribution in [3.05, 3.63) is 47.0 Å². The van der Waals surface area contributed by atoms with Gasteiger partial charge in [-0.25, -0.2) is 0 Å². The molecule has 0 radical (unpaired) electrons. The highest BCUT2D eigenvalue weighted by atomic mass is 16.5. The molecule has 0 aromatic heterocycles. The number of aliphatic hydroxyl groups is 1. The molecule has 3 rings (SSSR count). The van der Waals surface area contributed by atoms with E-state index in [1.165, 1.54) is 0 Å². The molecule has 4 nitrogen and oxygen atoms in total. The van der Waals surface area contributed by atoms with Crippen LogP contribution in [0.5, 0.6) is 5.75 Å². The summed E-state index contributed by atoms with van der Waals surface area (Å²) in [5, 5.41) is 13.3. The maximum Gasteiger partial charge on any atom is 0.198 e. The topological polar surface area (TPSA) is 55.8 Å². The molecular weight excluding hydrogens is 328 g/mol. The molecular formula is C22H26O4. The number of fused-ring (bicyclic) bond motifs is 2. The largest absolute Gasteiger partial charge is 0.496 e. The molecule has 0 amide bonds. The van der Waals surface area contributed by atoms with Crippen LogP contribution in [0.15, 0.2) is 35.9 Å². The van der Waals surface area contributed by atoms with Crippen molar-refractivity contribution in [2.45, 2.75) is 39.2 Å². The van der Waals surface area contributed by atoms with E-state index in [0.29, 0.717) is 35.0 Å². The van der Waals surface area contributed by atoms with Gasteiger partial charge < -0.3 is 14.6 Å². The van der Waals surface area contributed by atoms with Crippen LogP contribution in [0.4, 0.5) is 0 Å². The van der Waals surface area contributed by atoms with E-state index in [1.807, 2.05) is 30.3 Å². The summed E-state index contributed by atoms with van der Waals surface area (Å²) >= 11 is 0. The van der Waals surface area contributed by atoms with Gasteiger partial charge >= 0.3 is 0 Å². The highest BCUT2D eigenvalue weighted by Gasteiger charge is 2.45. The smallest absolute Gasteiger partial charge is 0.198 e. The maximum atomic E-state index is 13.1. The van der Waals surface area contributed by atoms with E-state index in [-0.39, 0.29) is 5.78 Å². The molecule has 0 bridgehead atoms. The lowest BCUT2D eigenvalue weighted by atomic mass is 9.73. The molecule has 1 aliphatic carbocycles. The van der Waals surface area contributed by atoms with E-state index in [2.05, 4.69) is 13.8 Å². The van der Waals surface area contributed by atoms with Crippen molar-refractivity contribution in [1.82, 2.24) is 0 Å². The Kier molecular flexibility index (Phi) is 4.80. The van der Waals surface area contributed by atoms with Crippen molar-refractivity contribution < 1.29 is 19.4 Å². The van der Waals surface area contributed by atoms with Crippen LogP contribution in [0.25, 0.3) is 16.5 Å². The fraction of sp³-hybridized carbons (Fsp3) is 0.409. The first-order valence-electron chi connectivity index (χ1n) is 8.97. The van der Waals surface area contributed by atoms with Gasteiger partial charge in [-0.1, -0.05) is 26.0 Å². The molecule has 4 heteroatoms. The van der Waals surface area contributed by atoms with Gasteiger partial charge in [0.25, 0.3) is 0 Å². The highest BCUT2D eigenvalue weighted by molar-refractivity contribution is 6.11. The van der Waals surface area contributed by atoms with Crippen molar-refractivity contribution in [2.24, 2.45) is 5.92 Å². The molecule has 0 saturated carbocycles. The third-order valence-electron chi connectivity index (χ3n) is 5.23. The lowest BCUT2D eigenvalue weighted by molar-refractivity contribution is -0.135. The Hall–Kier alpha value is -2.33. The Morgan fingerprint density at radius 3 is 2.50 bits per heavy atom. The first-order chi connectivity index (χ1) is 12.3. The Morgan fingerprint density at radius 1 is 1.15 bits per heavy atom. The van der Waals surface area contributed by atoms with Gasteiger partial charge in [-0.15, -0.1) is 0 Å². The molecule has 26 heavy (non-hydrogen) atoms. The predicted octanol–water partition coefficient (Wildman–Crippen LogP) is 4.43. The zero-order valence-corrected chi connectivity index (χ0v) is 16.1. The van der Waals surface area contributed by atoms with Crippen LogP contribution < -0.4 is 4.74 Å². The minimum Gasteiger partial charge on any atom is -0.496 e. The van der Waals surface area contributed by atoms with Crippen molar-refractivity contribution in [2.75, 3.05) is 14.2 Å². The van der Waals surface area contributed by atoms with Crippen LogP contribution in [-0.4, -0.2) is 25.1 Å². The second-order valence-electron chi connectivity index (χ2n) is 7.36. The number of rotatable bonds is 5. The number of methoxy groups -OCH3 is 2. The van der Waals surface area contributed by atoms with Crippen LogP contribution in [0.1, 0.15) is 44.7 Å². The second kappa shape index (κ2) is 6.76. The molecule has 0 saturated heterocycles. The Labute approximate surface area is 154 Å². The average Bonchev–Trinajstić information content (AvgIpc) is 2.63. The molecule has 0 aliphatic heterocycles. The first-order valence-corrected chi connectivity index (χ1v) is 8.97. The summed E-state index contributed by atoms with van der Waals surface area (Å²) in [6.07, 6.45) is 1.13. The monoisotopic (exact) mass is 354 g/mol. The minimum absolute atomic E-state index is 0.281. The highest BCUT2D eigenvalue weighted by Crippen LogP contribution is 2.44. The van der Waals surface area contributed by atoms with Gasteiger partial charge in [0.1, 0.15) is 11.5 Å². The van der Waals surface area contributed by atoms with Gasteiger partial charge in [-0.3, -0.25) is 4.79 Å². The van der Waals surface area contributed by atoms with E-state index >= 15 is 0 Å². The number of benzene rings is 2. The summed E-state index contributed by atoms with van der Waals surface area (Å²) in [5.41, 5.74) is 0.300. The van der Waals surface area contributed by atoms with E-state index in [0.717, 1.165) is 22.8 Å². The Morgan fingerprint density at radius 2 is 1.88 bits per heavy atom. The van der Waals surface area contributed by atoms with E-state index < -0.39 is 5.60 Å². The SMILES string of the molecule is COC1=C(C)C(=O)[C@@](O)(CCC(C)C)c2cc3c(OC)cccc3cc21. The summed E-state index contributed by atoms with van der Waals surface area (Å²) in [6.45, 7) is 5.90. The van der Waals surface area contributed by atoms with Crippen LogP contribution in [0.2, 0.25) is 0 Å². The van der Waals surface area contributed by atoms with Gasteiger partial charge in [0.15, 0.2) is 11.4 Å². The molecule has 0 heterocycles. The third-order valence-corrected chi connectivity index (χ3v) is 5.23. The Balaban J connectivity index is 2.32. The standard InChI is InChI=1S/C22H26O4/c1-13(2)9-10-22(24)18-12-16-15(7-6-8-19(16)25-4)11-17(18)20(26-5)14(3)21(22)23/h6-8,11-13,24H,9-10H2,1-5H3/t22-/m1/s1. The first kappa shape index (κ1) is 18.5. The molecule has 2 aromatic carbocycles. The normalized spacial score (nSPS) is 19.9. The maximum absolute atomic E-state index is 13.1. The lowest BCUT2D eigenvalue weighted by Gasteiger charge is -2.35. The minimum atomic E-state index is -1.54. The zero-order chi connectivity index (χ0) is 19.1. The van der Waals surface area contributed by atoms with Crippen molar-refractivity contribution in [3.8, 4) is 5.75 Å². The van der Waals surface area contributed by atoms with Gasteiger partial charge in [0.2, 0.25) is 0 Å². The fourth-order valence-corrected chi connectivity index (χ4v) is 3.75. The number of Topliss-reactive ketones (excluding diaryl/α,β-unsaturated/α-hetero) is 1. The fourth-order valence-electron chi connectivity index (χ4n) is 3.75. The summed E-state index contributed by atoms with van der Waals surface area (Å²) in [6, 6.07) is 9.65. The second-order valence-corrected chi connectivity index (χ2v) is 7.36. The summed E-state index contributed by atoms with van der Waals surface area (Å²) < 4.78 is 11.0. The van der Waals surface area contributed by atoms with E-state index in [9.17, 15) is 9.90 Å². The molecule has 1 atom stereocenters. The molecule has 2 aromatic rings. The molecule has 1 aliphatic rings. The molecule has 138 valence electrons. The molecule has 0 fully saturated rings. The van der Waals surface area contributed by atoms with Crippen molar-refractivity contribution in [3.63, 3.8) is 0 Å². The van der Waals surface area contributed by atoms with Crippen LogP contribution >= 0.6 is 0 Å². The molecule has 1 N–H and O–H groups in total. The van der Waals surface area contributed by atoms with E-state index in [1.54, 1.807) is 21.1 Å². The zero-order valence-electron chi connectivity index (χ0n) is 16.1. The average molecular weight is 354 g/mol. The third kappa shape index (κ3) is 2.78. The van der Waals surface area contributed by atoms with Crippen LogP contribution in [0, 0.1) is 5.92 Å². The predicted molar refractivity (Wildman–Crippen MR) is 103 cm³/mol. The summed E-state index contributed by atoms with van der Waals surface area (Å²) in [5.74, 6) is 1.35. The van der Waals surface area contributed by atoms with Gasteiger partial charge in [-0.2, -0.15) is 0 Å². The number of hydrogen-bond acceptors (Lipinski definition) is 4. The van der Waals surface area contributed by atoms with Crippen molar-refractivity contribution >= 4 is 22.3 Å². The van der Waals surface area contributed by atoms with Crippen molar-refractivity contribution in [1.29, 1.82) is 0 Å². The number of carbonyl (C=O) groups is 1. The van der Waals surface area contributed by atoms with Gasteiger partial charge in [0, 0.05) is 22.1 Å². The van der Waals surface area contributed by atoms with Crippen LogP contribution in [-0.2, 0) is 15.1 Å². The van der Waals surface area contributed by atoms with Crippen LogP contribution in [0.3, 0.4) is 0 Å². The van der Waals surface area contributed by atoms with E-state index in [4.69, 9.17) is 9.47 Å². The number of carbonyl (C=O) groups excluding carboxylic acids is 1. The lowest BCUT2D eigenvalue weighted by Crippen LogP contribution is -2.40. The molecule has 0 unspecified atom stereocenters. The number of ether oxygens (including phenoxy) is 2. The quantitative estimate of drug-likeness (QED) is 0.863. The summed E-state index contributed by atoms with van der Waals surface area (Å²) in [7, 11) is 3.18. The van der Waals surface area contributed by atoms with Gasteiger partial charge in [0.05, 0.1) is 14.2 Å². The number of ketones is 1. The van der Waals surface area contributed by atoms with Gasteiger partial charge in [-0.05, 0) is 49.3 Å². The Bertz CT molecular complexity index is 894. The molecule has 0 spiro atoms. The summed E-state index contributed by atoms with van der Waals surface area (Å²) in [4.78, 5) is 13.1. The number of hydrogen-bond donors (Lipinski definition) is 1.